The number of carbonyl (C=O) groups excluding carboxylic acids is 1. The molecule has 0 unspecified atom stereocenters. The summed E-state index contributed by atoms with van der Waals surface area (Å²) in [4.78, 5) is 24.0. The predicted octanol–water partition coefficient (Wildman–Crippen LogP) is 2.65. The lowest BCUT2D eigenvalue weighted by atomic mass is 9.99. The van der Waals surface area contributed by atoms with Gasteiger partial charge in [-0.05, 0) is 74.6 Å². The third-order valence-corrected chi connectivity index (χ3v) is 6.84. The highest BCUT2D eigenvalue weighted by Crippen LogP contribution is 2.38. The van der Waals surface area contributed by atoms with Crippen molar-refractivity contribution in [2.75, 3.05) is 5.32 Å². The van der Waals surface area contributed by atoms with E-state index in [0.29, 0.717) is 0 Å². The average molecular weight is 433 g/mol. The van der Waals surface area contributed by atoms with E-state index in [-0.39, 0.29) is 11.7 Å². The largest absolute Gasteiger partial charge is 0.477 e. The molecule has 0 saturated carbocycles. The number of benzene rings is 1. The molecule has 160 valence electrons. The minimum Gasteiger partial charge on any atom is -0.477 e. The summed E-state index contributed by atoms with van der Waals surface area (Å²) in [7, 11) is -4.33. The van der Waals surface area contributed by atoms with E-state index in [1.165, 1.54) is 11.1 Å². The Morgan fingerprint density at radius 2 is 1.67 bits per heavy atom. The Balaban J connectivity index is 1.60. The van der Waals surface area contributed by atoms with Crippen LogP contribution < -0.4 is 10.0 Å². The fourth-order valence-corrected chi connectivity index (χ4v) is 5.20. The molecule has 0 aliphatic heterocycles. The number of fused-ring (bicyclic) bond motifs is 2. The van der Waals surface area contributed by atoms with Gasteiger partial charge in [0.15, 0.2) is 5.03 Å². The summed E-state index contributed by atoms with van der Waals surface area (Å²) in [5.41, 5.74) is 5.07. The number of nitrogens with zero attached hydrogens (tertiary/aromatic N) is 2. The molecular weight excluding hydrogens is 408 g/mol. The molecule has 0 bridgehead atoms. The van der Waals surface area contributed by atoms with Gasteiger partial charge in [-0.25, -0.2) is 14.3 Å². The number of aromatic nitrogens is 2. The van der Waals surface area contributed by atoms with E-state index < -0.39 is 27.0 Å². The molecule has 0 fully saturated rings. The molecule has 4 rings (SSSR count). The van der Waals surface area contributed by atoms with Crippen LogP contribution in [-0.2, 0) is 35.7 Å². The first-order chi connectivity index (χ1) is 14.2. The predicted molar refractivity (Wildman–Crippen MR) is 109 cm³/mol. The normalized spacial score (nSPS) is 15.2. The number of hydrogen-bond acceptors (Lipinski definition) is 5. The fraction of sp³-hybridized carbons (Fsp3) is 0.450. The van der Waals surface area contributed by atoms with E-state index in [9.17, 15) is 23.1 Å². The van der Waals surface area contributed by atoms with Gasteiger partial charge in [0.05, 0.1) is 0 Å². The first-order valence-corrected chi connectivity index (χ1v) is 11.5. The Bertz CT molecular complexity index is 1120. The number of aromatic carboxylic acids is 1. The Morgan fingerprint density at radius 3 is 2.17 bits per heavy atom. The van der Waals surface area contributed by atoms with Crippen LogP contribution in [0.15, 0.2) is 17.2 Å². The monoisotopic (exact) mass is 432 g/mol. The standard InChI is InChI=1S/C20H24N4O5S/c1-11(2)24-16(19(25)26)10-17(22-24)30(28,29)23-20(27)21-18-14-7-3-5-12(14)9-13-6-4-8-15(13)18/h9-11H,3-8H2,1-2H3,(H,25,26)(H2,21,23,27). The molecule has 2 aliphatic rings. The SMILES string of the molecule is CC(C)n1nc(S(=O)(=O)NC(=O)Nc2c3c(cc4c2CCC4)CCC3)cc1C(=O)O. The van der Waals surface area contributed by atoms with Gasteiger partial charge in [0.25, 0.3) is 10.0 Å². The first kappa shape index (κ1) is 20.4. The highest BCUT2D eigenvalue weighted by atomic mass is 32.2. The minimum atomic E-state index is -4.33. The lowest BCUT2D eigenvalue weighted by Gasteiger charge is -2.16. The number of carboxylic acids is 1. The van der Waals surface area contributed by atoms with Crippen molar-refractivity contribution in [2.45, 2.75) is 63.4 Å². The maximum absolute atomic E-state index is 12.7. The van der Waals surface area contributed by atoms with Crippen LogP contribution in [0.25, 0.3) is 0 Å². The van der Waals surface area contributed by atoms with Gasteiger partial charge in [0.2, 0.25) is 0 Å². The summed E-state index contributed by atoms with van der Waals surface area (Å²) in [5.74, 6) is -1.29. The van der Waals surface area contributed by atoms with E-state index >= 15 is 0 Å². The lowest BCUT2D eigenvalue weighted by Crippen LogP contribution is -2.35. The van der Waals surface area contributed by atoms with Crippen LogP contribution in [0, 0.1) is 0 Å². The molecule has 2 aliphatic carbocycles. The minimum absolute atomic E-state index is 0.260. The van der Waals surface area contributed by atoms with E-state index in [0.717, 1.165) is 66.1 Å². The Hall–Kier alpha value is -2.88. The molecule has 30 heavy (non-hydrogen) atoms. The molecule has 10 heteroatoms. The molecule has 0 radical (unpaired) electrons. The lowest BCUT2D eigenvalue weighted by molar-refractivity contribution is 0.0681. The summed E-state index contributed by atoms with van der Waals surface area (Å²) in [6.45, 7) is 3.37. The quantitative estimate of drug-likeness (QED) is 0.666. The van der Waals surface area contributed by atoms with Gasteiger partial charge in [-0.1, -0.05) is 6.07 Å². The van der Waals surface area contributed by atoms with Crippen LogP contribution in [-0.4, -0.2) is 35.3 Å². The second-order valence-electron chi connectivity index (χ2n) is 8.00. The van der Waals surface area contributed by atoms with Gasteiger partial charge in [-0.3, -0.25) is 4.68 Å². The smallest absolute Gasteiger partial charge is 0.354 e. The van der Waals surface area contributed by atoms with Crippen molar-refractivity contribution in [3.63, 3.8) is 0 Å². The summed E-state index contributed by atoms with van der Waals surface area (Å²) >= 11 is 0. The van der Waals surface area contributed by atoms with Crippen LogP contribution in [0.5, 0.6) is 0 Å². The van der Waals surface area contributed by atoms with E-state index in [2.05, 4.69) is 16.5 Å². The number of carbonyl (C=O) groups is 2. The summed E-state index contributed by atoms with van der Waals surface area (Å²) in [6, 6.07) is 1.94. The van der Waals surface area contributed by atoms with Crippen LogP contribution in [0.2, 0.25) is 0 Å². The van der Waals surface area contributed by atoms with Crippen molar-refractivity contribution in [3.05, 3.63) is 40.1 Å². The number of aryl methyl sites for hydroxylation is 2. The zero-order valence-electron chi connectivity index (χ0n) is 16.9. The van der Waals surface area contributed by atoms with E-state index in [1.54, 1.807) is 13.8 Å². The number of carboxylic acid groups (broad SMARTS) is 1. The molecular formula is C20H24N4O5S. The van der Waals surface area contributed by atoms with Crippen molar-refractivity contribution in [1.29, 1.82) is 0 Å². The maximum atomic E-state index is 12.7. The number of nitrogens with one attached hydrogen (secondary N) is 2. The van der Waals surface area contributed by atoms with Crippen LogP contribution in [0.1, 0.15) is 65.5 Å². The second kappa shape index (κ2) is 7.42. The van der Waals surface area contributed by atoms with E-state index in [1.807, 2.05) is 4.72 Å². The molecule has 2 aromatic rings. The van der Waals surface area contributed by atoms with Crippen LogP contribution in [0.3, 0.4) is 0 Å². The zero-order chi connectivity index (χ0) is 21.6. The molecule has 0 spiro atoms. The zero-order valence-corrected chi connectivity index (χ0v) is 17.7. The van der Waals surface area contributed by atoms with Crippen LogP contribution in [0.4, 0.5) is 10.5 Å². The number of rotatable bonds is 5. The van der Waals surface area contributed by atoms with Gasteiger partial charge in [-0.2, -0.15) is 13.5 Å². The Morgan fingerprint density at radius 1 is 1.07 bits per heavy atom. The molecule has 9 nitrogen and oxygen atoms in total. The molecule has 0 saturated heterocycles. The van der Waals surface area contributed by atoms with Gasteiger partial charge >= 0.3 is 12.0 Å². The van der Waals surface area contributed by atoms with Crippen molar-refractivity contribution < 1.29 is 23.1 Å². The number of hydrogen-bond donors (Lipinski definition) is 3. The Labute approximate surface area is 174 Å². The summed E-state index contributed by atoms with van der Waals surface area (Å²) in [6.07, 6.45) is 5.65. The van der Waals surface area contributed by atoms with Crippen molar-refractivity contribution in [1.82, 2.24) is 14.5 Å². The number of urea groups is 1. The molecule has 1 heterocycles. The topological polar surface area (TPSA) is 130 Å². The molecule has 2 amide bonds. The van der Waals surface area contributed by atoms with E-state index in [4.69, 9.17) is 0 Å². The van der Waals surface area contributed by atoms with Gasteiger partial charge in [0.1, 0.15) is 5.69 Å². The number of sulfonamides is 1. The van der Waals surface area contributed by atoms with Gasteiger partial charge in [-0.15, -0.1) is 0 Å². The summed E-state index contributed by atoms with van der Waals surface area (Å²) in [5, 5.41) is 15.4. The van der Waals surface area contributed by atoms with Crippen molar-refractivity contribution in [3.8, 4) is 0 Å². The number of anilines is 1. The third kappa shape index (κ3) is 3.55. The first-order valence-electron chi connectivity index (χ1n) is 10.0. The fourth-order valence-electron chi connectivity index (χ4n) is 4.34. The number of amides is 2. The van der Waals surface area contributed by atoms with Gasteiger partial charge in [0, 0.05) is 17.8 Å². The van der Waals surface area contributed by atoms with Crippen molar-refractivity contribution >= 4 is 27.7 Å². The molecule has 3 N–H and O–H groups in total. The second-order valence-corrected chi connectivity index (χ2v) is 9.63. The highest BCUT2D eigenvalue weighted by molar-refractivity contribution is 7.90. The average Bonchev–Trinajstić information content (AvgIpc) is 3.39. The van der Waals surface area contributed by atoms with Crippen LogP contribution >= 0.6 is 0 Å². The molecule has 0 atom stereocenters. The molecule has 1 aromatic heterocycles. The third-order valence-electron chi connectivity index (χ3n) is 5.64. The maximum Gasteiger partial charge on any atom is 0.354 e. The highest BCUT2D eigenvalue weighted by Gasteiger charge is 2.28. The summed E-state index contributed by atoms with van der Waals surface area (Å²) < 4.78 is 28.4. The Kier molecular flexibility index (Phi) is 5.05. The van der Waals surface area contributed by atoms with Gasteiger partial charge < -0.3 is 10.4 Å². The van der Waals surface area contributed by atoms with Crippen molar-refractivity contribution in [2.24, 2.45) is 0 Å². The molecule has 1 aromatic carbocycles.